The molecule has 218 valence electrons. The van der Waals surface area contributed by atoms with Crippen molar-refractivity contribution in [3.8, 4) is 22.9 Å². The Kier molecular flexibility index (Phi) is 6.05. The molecule has 1 amide bonds. The Bertz CT molecular complexity index is 1670. The van der Waals surface area contributed by atoms with Crippen LogP contribution in [0.3, 0.4) is 0 Å². The molecule has 1 saturated heterocycles. The molecule has 3 aromatic rings. The molecule has 2 heterocycles. The molecule has 2 bridgehead atoms. The van der Waals surface area contributed by atoms with Crippen LogP contribution in [0.2, 0.25) is 0 Å². The van der Waals surface area contributed by atoms with Crippen molar-refractivity contribution in [2.45, 2.75) is 68.1 Å². The van der Waals surface area contributed by atoms with Gasteiger partial charge in [-0.25, -0.2) is 0 Å². The SMILES string of the molecule is N#Cc1ccc(-c2ccc(CCNC(=O)c3ccc4c5c3O[C@@H]3C(=O)CCC6(O)C(C4)N(CC4CC4)CCC536)cc2)cc1. The van der Waals surface area contributed by atoms with Gasteiger partial charge in [0.2, 0.25) is 0 Å². The lowest BCUT2D eigenvalue weighted by molar-refractivity contribution is -0.188. The molecule has 7 heteroatoms. The van der Waals surface area contributed by atoms with Gasteiger partial charge in [0.15, 0.2) is 11.9 Å². The van der Waals surface area contributed by atoms with E-state index in [0.29, 0.717) is 49.1 Å². The Balaban J connectivity index is 1.02. The quantitative estimate of drug-likeness (QED) is 0.436. The fourth-order valence-electron chi connectivity index (χ4n) is 8.47. The summed E-state index contributed by atoms with van der Waals surface area (Å²) in [5.41, 5.74) is 4.54. The van der Waals surface area contributed by atoms with Gasteiger partial charge in [-0.05, 0) is 91.4 Å². The first kappa shape index (κ1) is 26.6. The Hall–Kier alpha value is -3.99. The normalized spacial score (nSPS) is 28.5. The molecule has 43 heavy (non-hydrogen) atoms. The van der Waals surface area contributed by atoms with Crippen LogP contribution >= 0.6 is 0 Å². The van der Waals surface area contributed by atoms with Crippen molar-refractivity contribution in [2.24, 2.45) is 5.92 Å². The maximum absolute atomic E-state index is 13.5. The number of nitriles is 1. The van der Waals surface area contributed by atoms with E-state index in [9.17, 15) is 14.7 Å². The molecule has 4 atom stereocenters. The average Bonchev–Trinajstić information content (AvgIpc) is 3.77. The van der Waals surface area contributed by atoms with E-state index in [0.717, 1.165) is 53.2 Å². The maximum Gasteiger partial charge on any atom is 0.255 e. The number of benzene rings is 3. The Labute approximate surface area is 251 Å². The number of likely N-dealkylation sites (tertiary alicyclic amines) is 1. The fourth-order valence-corrected chi connectivity index (χ4v) is 8.47. The number of rotatable bonds is 7. The number of carbonyl (C=O) groups excluding carboxylic acids is 2. The third kappa shape index (κ3) is 4.00. The van der Waals surface area contributed by atoms with Crippen LogP contribution in [0.1, 0.15) is 64.7 Å². The maximum atomic E-state index is 13.5. The number of ether oxygens (including phenoxy) is 1. The van der Waals surface area contributed by atoms with Gasteiger partial charge in [-0.1, -0.05) is 42.5 Å². The van der Waals surface area contributed by atoms with Crippen molar-refractivity contribution in [1.82, 2.24) is 10.2 Å². The third-order valence-corrected chi connectivity index (χ3v) is 10.8. The first-order valence-corrected chi connectivity index (χ1v) is 15.6. The molecule has 1 spiro atoms. The summed E-state index contributed by atoms with van der Waals surface area (Å²) in [4.78, 5) is 29.3. The smallest absolute Gasteiger partial charge is 0.255 e. The molecule has 8 rings (SSSR count). The number of piperidine rings is 1. The Morgan fingerprint density at radius 2 is 1.79 bits per heavy atom. The predicted molar refractivity (Wildman–Crippen MR) is 161 cm³/mol. The number of ketones is 1. The number of hydrogen-bond donors (Lipinski definition) is 2. The predicted octanol–water partition coefficient (Wildman–Crippen LogP) is 4.33. The van der Waals surface area contributed by atoms with Crippen LogP contribution in [-0.4, -0.2) is 59.1 Å². The van der Waals surface area contributed by atoms with E-state index >= 15 is 0 Å². The van der Waals surface area contributed by atoms with E-state index in [4.69, 9.17) is 10.00 Å². The highest BCUT2D eigenvalue weighted by Crippen LogP contribution is 2.64. The second kappa shape index (κ2) is 9.77. The number of hydrogen-bond acceptors (Lipinski definition) is 6. The number of nitrogens with zero attached hydrogens (tertiary/aromatic N) is 2. The van der Waals surface area contributed by atoms with E-state index < -0.39 is 17.1 Å². The van der Waals surface area contributed by atoms with Crippen LogP contribution in [0, 0.1) is 17.2 Å². The molecule has 3 aromatic carbocycles. The van der Waals surface area contributed by atoms with E-state index in [1.807, 2.05) is 36.4 Å². The molecular formula is C36H35N3O4. The third-order valence-electron chi connectivity index (χ3n) is 10.8. The topological polar surface area (TPSA) is 103 Å². The molecular weight excluding hydrogens is 538 g/mol. The zero-order valence-corrected chi connectivity index (χ0v) is 24.1. The summed E-state index contributed by atoms with van der Waals surface area (Å²) >= 11 is 0. The van der Waals surface area contributed by atoms with Crippen LogP contribution in [0.4, 0.5) is 0 Å². The minimum Gasteiger partial charge on any atom is -0.480 e. The van der Waals surface area contributed by atoms with Crippen molar-refractivity contribution in [3.05, 3.63) is 88.5 Å². The molecule has 7 nitrogen and oxygen atoms in total. The van der Waals surface area contributed by atoms with Gasteiger partial charge in [-0.3, -0.25) is 14.5 Å². The Morgan fingerprint density at radius 3 is 2.51 bits per heavy atom. The van der Waals surface area contributed by atoms with Crippen LogP contribution in [-0.2, 0) is 23.1 Å². The van der Waals surface area contributed by atoms with Crippen LogP contribution < -0.4 is 10.1 Å². The molecule has 0 radical (unpaired) electrons. The van der Waals surface area contributed by atoms with E-state index in [1.54, 1.807) is 0 Å². The van der Waals surface area contributed by atoms with Gasteiger partial charge in [0.1, 0.15) is 5.75 Å². The summed E-state index contributed by atoms with van der Waals surface area (Å²) in [5, 5.41) is 24.6. The van der Waals surface area contributed by atoms with Crippen LogP contribution in [0.15, 0.2) is 60.7 Å². The van der Waals surface area contributed by atoms with Gasteiger partial charge >= 0.3 is 0 Å². The number of aliphatic hydroxyl groups is 1. The standard InChI is InChI=1S/C36H35N3O4/c37-20-23-5-9-26(10-6-23)25-7-3-22(4-8-25)14-17-38-34(41)28-12-11-27-19-30-36(42)15-13-29(40)33-35(36,31(27)32(28)43-33)16-18-39(30)21-24-1-2-24/h3-12,24,30,33,42H,1-2,13-19,21H2,(H,38,41)/t30?,33-,35?,36?/m1/s1. The van der Waals surface area contributed by atoms with Crippen molar-refractivity contribution in [1.29, 1.82) is 5.26 Å². The highest BCUT2D eigenvalue weighted by molar-refractivity contribution is 5.99. The Morgan fingerprint density at radius 1 is 1.05 bits per heavy atom. The van der Waals surface area contributed by atoms with Gasteiger partial charge in [-0.15, -0.1) is 0 Å². The van der Waals surface area contributed by atoms with Crippen LogP contribution in [0.5, 0.6) is 5.75 Å². The van der Waals surface area contributed by atoms with Crippen molar-refractivity contribution < 1.29 is 19.4 Å². The number of amides is 1. The molecule has 2 aliphatic heterocycles. The van der Waals surface area contributed by atoms with Gasteiger partial charge < -0.3 is 15.2 Å². The molecule has 2 N–H and O–H groups in total. The zero-order valence-electron chi connectivity index (χ0n) is 24.1. The van der Waals surface area contributed by atoms with E-state index in [-0.39, 0.29) is 17.7 Å². The van der Waals surface area contributed by atoms with Crippen molar-refractivity contribution in [2.75, 3.05) is 19.6 Å². The summed E-state index contributed by atoms with van der Waals surface area (Å²) in [6, 6.07) is 21.8. The molecule has 5 aliphatic rings. The van der Waals surface area contributed by atoms with Gasteiger partial charge in [0, 0.05) is 31.1 Å². The van der Waals surface area contributed by atoms with E-state index in [1.165, 1.54) is 12.8 Å². The number of nitrogens with one attached hydrogen (secondary N) is 1. The highest BCUT2D eigenvalue weighted by atomic mass is 16.5. The summed E-state index contributed by atoms with van der Waals surface area (Å²) < 4.78 is 6.46. The lowest BCUT2D eigenvalue weighted by Gasteiger charge is -2.62. The fraction of sp³-hybridized carbons (Fsp3) is 0.417. The summed E-state index contributed by atoms with van der Waals surface area (Å²) in [5.74, 6) is 1.06. The van der Waals surface area contributed by atoms with Gasteiger partial charge in [0.25, 0.3) is 5.91 Å². The zero-order chi connectivity index (χ0) is 29.3. The molecule has 3 unspecified atom stereocenters. The molecule has 3 fully saturated rings. The molecule has 2 saturated carbocycles. The minimum absolute atomic E-state index is 0.0255. The van der Waals surface area contributed by atoms with Gasteiger partial charge in [0.05, 0.1) is 28.2 Å². The van der Waals surface area contributed by atoms with Gasteiger partial charge in [-0.2, -0.15) is 5.26 Å². The summed E-state index contributed by atoms with van der Waals surface area (Å²) in [6.07, 6.45) is 4.63. The lowest BCUT2D eigenvalue weighted by Crippen LogP contribution is -2.76. The van der Waals surface area contributed by atoms with Crippen LogP contribution in [0.25, 0.3) is 11.1 Å². The monoisotopic (exact) mass is 573 g/mol. The number of Topliss-reactive ketones (excluding diaryl/α,β-unsaturated/α-hetero) is 1. The highest BCUT2D eigenvalue weighted by Gasteiger charge is 2.73. The second-order valence-corrected chi connectivity index (χ2v) is 13.1. The lowest BCUT2D eigenvalue weighted by atomic mass is 9.49. The first-order chi connectivity index (χ1) is 20.9. The first-order valence-electron chi connectivity index (χ1n) is 15.6. The minimum atomic E-state index is -1.03. The summed E-state index contributed by atoms with van der Waals surface area (Å²) in [7, 11) is 0. The largest absolute Gasteiger partial charge is 0.480 e. The second-order valence-electron chi connectivity index (χ2n) is 13.1. The average molecular weight is 574 g/mol. The molecule has 3 aliphatic carbocycles. The molecule has 0 aromatic heterocycles. The summed E-state index contributed by atoms with van der Waals surface area (Å²) in [6.45, 7) is 2.32. The van der Waals surface area contributed by atoms with Crippen molar-refractivity contribution in [3.63, 3.8) is 0 Å². The van der Waals surface area contributed by atoms with Crippen molar-refractivity contribution >= 4 is 11.7 Å². The van der Waals surface area contributed by atoms with E-state index in [2.05, 4.69) is 40.6 Å². The number of carbonyl (C=O) groups is 2.